The Morgan fingerprint density at radius 2 is 1.69 bits per heavy atom. The van der Waals surface area contributed by atoms with Gasteiger partial charge in [-0.15, -0.1) is 0 Å². The molecule has 0 heterocycles. The van der Waals surface area contributed by atoms with E-state index < -0.39 is 5.60 Å². The SMILES string of the molecule is CN(C)CCNCC1(O)CCC(C)(C)CC1. The maximum atomic E-state index is 10.4. The molecule has 0 amide bonds. The van der Waals surface area contributed by atoms with Crippen LogP contribution in [-0.4, -0.2) is 49.3 Å². The Hall–Kier alpha value is -0.120. The van der Waals surface area contributed by atoms with Gasteiger partial charge in [0.2, 0.25) is 0 Å². The van der Waals surface area contributed by atoms with Crippen molar-refractivity contribution < 1.29 is 5.11 Å². The normalized spacial score (nSPS) is 23.6. The lowest BCUT2D eigenvalue weighted by Gasteiger charge is -2.40. The van der Waals surface area contributed by atoms with Crippen molar-refractivity contribution in [3.05, 3.63) is 0 Å². The van der Waals surface area contributed by atoms with Crippen LogP contribution in [0.4, 0.5) is 0 Å². The minimum absolute atomic E-state index is 0.426. The van der Waals surface area contributed by atoms with Gasteiger partial charge in [-0.3, -0.25) is 0 Å². The summed E-state index contributed by atoms with van der Waals surface area (Å²) in [6, 6.07) is 0. The van der Waals surface area contributed by atoms with Crippen LogP contribution in [0, 0.1) is 5.41 Å². The molecule has 3 nitrogen and oxygen atoms in total. The molecular weight excluding hydrogens is 200 g/mol. The summed E-state index contributed by atoms with van der Waals surface area (Å²) in [5.74, 6) is 0. The van der Waals surface area contributed by atoms with Gasteiger partial charge in [0.05, 0.1) is 5.60 Å². The number of rotatable bonds is 5. The summed E-state index contributed by atoms with van der Waals surface area (Å²) in [7, 11) is 4.14. The molecule has 16 heavy (non-hydrogen) atoms. The van der Waals surface area contributed by atoms with Crippen LogP contribution < -0.4 is 5.32 Å². The van der Waals surface area contributed by atoms with Gasteiger partial charge in [0.15, 0.2) is 0 Å². The summed E-state index contributed by atoms with van der Waals surface area (Å²) >= 11 is 0. The molecule has 0 atom stereocenters. The zero-order valence-corrected chi connectivity index (χ0v) is 11.3. The van der Waals surface area contributed by atoms with Crippen LogP contribution in [0.3, 0.4) is 0 Å². The van der Waals surface area contributed by atoms with Gasteiger partial charge >= 0.3 is 0 Å². The fourth-order valence-corrected chi connectivity index (χ4v) is 2.19. The highest BCUT2D eigenvalue weighted by Gasteiger charge is 2.36. The van der Waals surface area contributed by atoms with Crippen LogP contribution in [0.25, 0.3) is 0 Å². The van der Waals surface area contributed by atoms with Crippen molar-refractivity contribution in [1.29, 1.82) is 0 Å². The number of nitrogens with one attached hydrogen (secondary N) is 1. The molecule has 3 heteroatoms. The maximum Gasteiger partial charge on any atom is 0.0772 e. The van der Waals surface area contributed by atoms with Crippen LogP contribution in [-0.2, 0) is 0 Å². The standard InChI is InChI=1S/C13H28N2O/c1-12(2)5-7-13(16,8-6-12)11-14-9-10-15(3)4/h14,16H,5-11H2,1-4H3. The van der Waals surface area contributed by atoms with Crippen LogP contribution >= 0.6 is 0 Å². The Balaban J connectivity index is 2.21. The first-order valence-corrected chi connectivity index (χ1v) is 6.41. The van der Waals surface area contributed by atoms with E-state index in [0.717, 1.165) is 45.3 Å². The molecule has 2 N–H and O–H groups in total. The Morgan fingerprint density at radius 1 is 1.12 bits per heavy atom. The van der Waals surface area contributed by atoms with E-state index in [4.69, 9.17) is 0 Å². The molecule has 0 spiro atoms. The minimum atomic E-state index is -0.457. The molecule has 0 radical (unpaired) electrons. The van der Waals surface area contributed by atoms with E-state index in [0.29, 0.717) is 5.41 Å². The van der Waals surface area contributed by atoms with Crippen LogP contribution in [0.15, 0.2) is 0 Å². The molecule has 0 aliphatic heterocycles. The average molecular weight is 228 g/mol. The molecule has 0 aromatic rings. The summed E-state index contributed by atoms with van der Waals surface area (Å²) < 4.78 is 0. The third-order valence-electron chi connectivity index (χ3n) is 3.72. The number of likely N-dealkylation sites (N-methyl/N-ethyl adjacent to an activating group) is 1. The minimum Gasteiger partial charge on any atom is -0.389 e. The van der Waals surface area contributed by atoms with E-state index in [1.54, 1.807) is 0 Å². The van der Waals surface area contributed by atoms with Gasteiger partial charge in [0.1, 0.15) is 0 Å². The highest BCUT2D eigenvalue weighted by atomic mass is 16.3. The molecule has 0 aromatic carbocycles. The number of hydrogen-bond donors (Lipinski definition) is 2. The van der Waals surface area contributed by atoms with Crippen LogP contribution in [0.2, 0.25) is 0 Å². The van der Waals surface area contributed by atoms with Crippen molar-refractivity contribution in [2.75, 3.05) is 33.7 Å². The maximum absolute atomic E-state index is 10.4. The van der Waals surface area contributed by atoms with Gasteiger partial charge in [-0.2, -0.15) is 0 Å². The van der Waals surface area contributed by atoms with E-state index in [1.165, 1.54) is 0 Å². The largest absolute Gasteiger partial charge is 0.389 e. The lowest BCUT2D eigenvalue weighted by atomic mass is 9.71. The fraction of sp³-hybridized carbons (Fsp3) is 1.00. The van der Waals surface area contributed by atoms with Gasteiger partial charge in [-0.1, -0.05) is 13.8 Å². The lowest BCUT2D eigenvalue weighted by Crippen LogP contribution is -2.46. The van der Waals surface area contributed by atoms with Crippen molar-refractivity contribution in [3.63, 3.8) is 0 Å². The first-order chi connectivity index (χ1) is 7.33. The Morgan fingerprint density at radius 3 is 2.19 bits per heavy atom. The van der Waals surface area contributed by atoms with Crippen LogP contribution in [0.1, 0.15) is 39.5 Å². The summed E-state index contributed by atoms with van der Waals surface area (Å²) in [4.78, 5) is 2.15. The summed E-state index contributed by atoms with van der Waals surface area (Å²) in [6.45, 7) is 7.33. The van der Waals surface area contributed by atoms with Crippen LogP contribution in [0.5, 0.6) is 0 Å². The van der Waals surface area contributed by atoms with Gasteiger partial charge in [-0.25, -0.2) is 0 Å². The first kappa shape index (κ1) is 13.9. The average Bonchev–Trinajstić information content (AvgIpc) is 2.18. The van der Waals surface area contributed by atoms with Crippen molar-refractivity contribution in [3.8, 4) is 0 Å². The fourth-order valence-electron chi connectivity index (χ4n) is 2.19. The number of aliphatic hydroxyl groups is 1. The van der Waals surface area contributed by atoms with Crippen molar-refractivity contribution in [1.82, 2.24) is 10.2 Å². The monoisotopic (exact) mass is 228 g/mol. The molecule has 1 aliphatic rings. The molecule has 1 fully saturated rings. The molecular formula is C13H28N2O. The van der Waals surface area contributed by atoms with Crippen molar-refractivity contribution in [2.45, 2.75) is 45.1 Å². The Bertz CT molecular complexity index is 204. The van der Waals surface area contributed by atoms with E-state index in [1.807, 2.05) is 0 Å². The van der Waals surface area contributed by atoms with Crippen molar-refractivity contribution in [2.24, 2.45) is 5.41 Å². The molecule has 0 saturated heterocycles. The molecule has 1 saturated carbocycles. The Labute approximate surface area is 100 Å². The predicted molar refractivity (Wildman–Crippen MR) is 68.6 cm³/mol. The molecule has 0 aromatic heterocycles. The lowest BCUT2D eigenvalue weighted by molar-refractivity contribution is -0.0243. The van der Waals surface area contributed by atoms with E-state index in [9.17, 15) is 5.11 Å². The zero-order valence-electron chi connectivity index (χ0n) is 11.3. The van der Waals surface area contributed by atoms with E-state index in [2.05, 4.69) is 38.2 Å². The highest BCUT2D eigenvalue weighted by Crippen LogP contribution is 2.39. The second-order valence-corrected chi connectivity index (χ2v) is 6.37. The summed E-state index contributed by atoms with van der Waals surface area (Å²) in [6.07, 6.45) is 4.15. The van der Waals surface area contributed by atoms with Gasteiger partial charge in [0.25, 0.3) is 0 Å². The van der Waals surface area contributed by atoms with Gasteiger partial charge < -0.3 is 15.3 Å². The second kappa shape index (κ2) is 5.48. The third-order valence-corrected chi connectivity index (χ3v) is 3.72. The van der Waals surface area contributed by atoms with Gasteiger partial charge in [-0.05, 0) is 45.2 Å². The number of hydrogen-bond acceptors (Lipinski definition) is 3. The molecule has 1 rings (SSSR count). The zero-order chi connectivity index (χ0) is 12.2. The Kier molecular flexibility index (Phi) is 4.77. The van der Waals surface area contributed by atoms with Gasteiger partial charge in [0, 0.05) is 19.6 Å². The first-order valence-electron chi connectivity index (χ1n) is 6.41. The molecule has 0 unspecified atom stereocenters. The quantitative estimate of drug-likeness (QED) is 0.700. The summed E-state index contributed by atoms with van der Waals surface area (Å²) in [5, 5.41) is 13.8. The number of nitrogens with zero attached hydrogens (tertiary/aromatic N) is 1. The van der Waals surface area contributed by atoms with Crippen molar-refractivity contribution >= 4 is 0 Å². The topological polar surface area (TPSA) is 35.5 Å². The highest BCUT2D eigenvalue weighted by molar-refractivity contribution is 4.90. The second-order valence-electron chi connectivity index (χ2n) is 6.37. The molecule has 96 valence electrons. The third kappa shape index (κ3) is 4.81. The predicted octanol–water partition coefficient (Wildman–Crippen LogP) is 1.47. The van der Waals surface area contributed by atoms with E-state index >= 15 is 0 Å². The molecule has 1 aliphatic carbocycles. The van der Waals surface area contributed by atoms with E-state index in [-0.39, 0.29) is 0 Å². The molecule has 0 bridgehead atoms. The smallest absolute Gasteiger partial charge is 0.0772 e. The summed E-state index contributed by atoms with van der Waals surface area (Å²) in [5.41, 5.74) is -0.0301.